The highest BCUT2D eigenvalue weighted by Crippen LogP contribution is 2.49. The minimum atomic E-state index is 0.905. The van der Waals surface area contributed by atoms with Crippen molar-refractivity contribution in [1.29, 1.82) is 0 Å². The highest BCUT2D eigenvalue weighted by Gasteiger charge is 2.23. The van der Waals surface area contributed by atoms with Gasteiger partial charge in [-0.15, -0.1) is 0 Å². The first-order valence-corrected chi connectivity index (χ1v) is 21.3. The van der Waals surface area contributed by atoms with Crippen LogP contribution in [0.5, 0.6) is 0 Å². The van der Waals surface area contributed by atoms with Crippen molar-refractivity contribution >= 4 is 71.3 Å². The number of rotatable bonds is 6. The standard InChI is InChI=1S/C60H37NO/c1-2-13-47-38(10-1)22-23-41-24-25-43(37-57(41)47)42-11-7-12-46(36-42)61(45-32-28-40(29-33-45)49-17-8-20-56-52-16-5-6-21-58(52)62-60(49)56)44-30-26-39(27-31-44)48-34-35-55-51-15-4-3-14-50(51)54-19-9-18-53(48)59(54)55/h1-37H. The third kappa shape index (κ3) is 5.37. The molecule has 0 amide bonds. The van der Waals surface area contributed by atoms with E-state index in [0.717, 1.165) is 50.1 Å². The molecule has 62 heavy (non-hydrogen) atoms. The average Bonchev–Trinajstić information content (AvgIpc) is 3.89. The fourth-order valence-electron chi connectivity index (χ4n) is 10.1. The summed E-state index contributed by atoms with van der Waals surface area (Å²) in [4.78, 5) is 2.37. The molecule has 0 N–H and O–H groups in total. The molecule has 1 aliphatic rings. The maximum Gasteiger partial charge on any atom is 0.143 e. The number of fused-ring (bicyclic) bond motifs is 9. The van der Waals surface area contributed by atoms with Crippen LogP contribution in [0.25, 0.3) is 110 Å². The Bertz CT molecular complexity index is 3710. The smallest absolute Gasteiger partial charge is 0.143 e. The lowest BCUT2D eigenvalue weighted by Gasteiger charge is -2.26. The molecule has 11 aromatic carbocycles. The molecule has 1 aliphatic carbocycles. The average molecular weight is 788 g/mol. The minimum absolute atomic E-state index is 0.905. The van der Waals surface area contributed by atoms with Crippen LogP contribution >= 0.6 is 0 Å². The quantitative estimate of drug-likeness (QED) is 0.156. The van der Waals surface area contributed by atoms with Gasteiger partial charge < -0.3 is 9.32 Å². The van der Waals surface area contributed by atoms with Crippen molar-refractivity contribution in [1.82, 2.24) is 0 Å². The summed E-state index contributed by atoms with van der Waals surface area (Å²) in [6.45, 7) is 0. The predicted molar refractivity (Wildman–Crippen MR) is 262 cm³/mol. The van der Waals surface area contributed by atoms with E-state index >= 15 is 0 Å². The Labute approximate surface area is 359 Å². The van der Waals surface area contributed by atoms with E-state index < -0.39 is 0 Å². The Morgan fingerprint density at radius 2 is 0.806 bits per heavy atom. The first kappa shape index (κ1) is 34.6. The number of furan rings is 1. The molecule has 0 radical (unpaired) electrons. The molecule has 1 aromatic heterocycles. The predicted octanol–water partition coefficient (Wildman–Crippen LogP) is 17.2. The third-order valence-corrected chi connectivity index (χ3v) is 13.0. The van der Waals surface area contributed by atoms with Crippen LogP contribution in [0.15, 0.2) is 229 Å². The van der Waals surface area contributed by atoms with Crippen LogP contribution in [0.4, 0.5) is 17.1 Å². The van der Waals surface area contributed by atoms with E-state index in [1.807, 2.05) is 12.1 Å². The van der Waals surface area contributed by atoms with E-state index in [1.165, 1.54) is 76.8 Å². The van der Waals surface area contributed by atoms with Gasteiger partial charge in [-0.25, -0.2) is 0 Å². The summed E-state index contributed by atoms with van der Waals surface area (Å²) in [7, 11) is 0. The Morgan fingerprint density at radius 3 is 1.60 bits per heavy atom. The van der Waals surface area contributed by atoms with E-state index in [2.05, 4.69) is 217 Å². The van der Waals surface area contributed by atoms with Crippen molar-refractivity contribution < 1.29 is 4.42 Å². The first-order chi connectivity index (χ1) is 30.7. The van der Waals surface area contributed by atoms with Gasteiger partial charge in [0.2, 0.25) is 0 Å². The highest BCUT2D eigenvalue weighted by atomic mass is 16.3. The Balaban J connectivity index is 0.929. The van der Waals surface area contributed by atoms with Gasteiger partial charge in [-0.1, -0.05) is 176 Å². The molecular weight excluding hydrogens is 751 g/mol. The topological polar surface area (TPSA) is 16.4 Å². The van der Waals surface area contributed by atoms with Gasteiger partial charge in [-0.05, 0) is 131 Å². The summed E-state index contributed by atoms with van der Waals surface area (Å²) >= 11 is 0. The van der Waals surface area contributed by atoms with Crippen molar-refractivity contribution in [2.45, 2.75) is 0 Å². The second kappa shape index (κ2) is 13.7. The summed E-state index contributed by atoms with van der Waals surface area (Å²) < 4.78 is 6.46. The van der Waals surface area contributed by atoms with Crippen molar-refractivity contribution in [2.75, 3.05) is 4.90 Å². The summed E-state index contributed by atoms with van der Waals surface area (Å²) in [6, 6.07) is 81.8. The number of nitrogens with zero attached hydrogens (tertiary/aromatic N) is 1. The van der Waals surface area contributed by atoms with Gasteiger partial charge in [0.05, 0.1) is 0 Å². The lowest BCUT2D eigenvalue weighted by Crippen LogP contribution is -2.10. The van der Waals surface area contributed by atoms with E-state index in [4.69, 9.17) is 4.42 Å². The van der Waals surface area contributed by atoms with Gasteiger partial charge in [-0.2, -0.15) is 0 Å². The van der Waals surface area contributed by atoms with Crippen LogP contribution in [-0.4, -0.2) is 0 Å². The molecular formula is C60H37NO. The number of hydrogen-bond acceptors (Lipinski definition) is 2. The number of para-hydroxylation sites is 2. The second-order valence-electron chi connectivity index (χ2n) is 16.4. The molecule has 1 heterocycles. The van der Waals surface area contributed by atoms with E-state index in [0.29, 0.717) is 0 Å². The molecule has 288 valence electrons. The van der Waals surface area contributed by atoms with Crippen LogP contribution in [-0.2, 0) is 0 Å². The van der Waals surface area contributed by atoms with Gasteiger partial charge in [0.1, 0.15) is 11.2 Å². The number of benzene rings is 11. The van der Waals surface area contributed by atoms with Gasteiger partial charge in [-0.3, -0.25) is 0 Å². The molecule has 12 aromatic rings. The molecule has 0 saturated heterocycles. The van der Waals surface area contributed by atoms with Gasteiger partial charge in [0.15, 0.2) is 0 Å². The summed E-state index contributed by atoms with van der Waals surface area (Å²) in [6.07, 6.45) is 0. The van der Waals surface area contributed by atoms with Crippen LogP contribution in [0.1, 0.15) is 0 Å². The van der Waals surface area contributed by atoms with Crippen LogP contribution in [0.3, 0.4) is 0 Å². The normalized spacial score (nSPS) is 11.9. The van der Waals surface area contributed by atoms with E-state index in [-0.39, 0.29) is 0 Å². The Kier molecular flexibility index (Phi) is 7.64. The fraction of sp³-hybridized carbons (Fsp3) is 0. The van der Waals surface area contributed by atoms with E-state index in [1.54, 1.807) is 0 Å². The van der Waals surface area contributed by atoms with Gasteiger partial charge >= 0.3 is 0 Å². The second-order valence-corrected chi connectivity index (χ2v) is 16.4. The molecule has 2 nitrogen and oxygen atoms in total. The lowest BCUT2D eigenvalue weighted by atomic mass is 9.94. The zero-order valence-electron chi connectivity index (χ0n) is 33.7. The maximum atomic E-state index is 6.46. The molecule has 0 atom stereocenters. The summed E-state index contributed by atoms with van der Waals surface area (Å²) in [5.41, 5.74) is 17.3. The van der Waals surface area contributed by atoms with Gasteiger partial charge in [0, 0.05) is 33.4 Å². The third-order valence-electron chi connectivity index (χ3n) is 13.0. The molecule has 0 spiro atoms. The molecule has 13 rings (SSSR count). The highest BCUT2D eigenvalue weighted by molar-refractivity contribution is 6.19. The first-order valence-electron chi connectivity index (χ1n) is 21.3. The van der Waals surface area contributed by atoms with Crippen LogP contribution in [0, 0.1) is 0 Å². The van der Waals surface area contributed by atoms with E-state index in [9.17, 15) is 0 Å². The lowest BCUT2D eigenvalue weighted by molar-refractivity contribution is 0.670. The molecule has 2 heteroatoms. The number of anilines is 3. The zero-order chi connectivity index (χ0) is 40.7. The molecule has 0 aliphatic heterocycles. The van der Waals surface area contributed by atoms with Crippen LogP contribution < -0.4 is 4.90 Å². The zero-order valence-corrected chi connectivity index (χ0v) is 33.7. The molecule has 0 bridgehead atoms. The van der Waals surface area contributed by atoms with Crippen molar-refractivity contribution in [3.8, 4) is 55.6 Å². The van der Waals surface area contributed by atoms with Gasteiger partial charge in [0.25, 0.3) is 0 Å². The number of hydrogen-bond donors (Lipinski definition) is 0. The summed E-state index contributed by atoms with van der Waals surface area (Å²) in [5.74, 6) is 0. The minimum Gasteiger partial charge on any atom is -0.455 e. The largest absolute Gasteiger partial charge is 0.455 e. The maximum absolute atomic E-state index is 6.46. The summed E-state index contributed by atoms with van der Waals surface area (Å²) in [5, 5.41) is 9.93. The van der Waals surface area contributed by atoms with Crippen LogP contribution in [0.2, 0.25) is 0 Å². The Hall–Kier alpha value is -8.20. The molecule has 0 saturated carbocycles. The van der Waals surface area contributed by atoms with Crippen molar-refractivity contribution in [3.63, 3.8) is 0 Å². The monoisotopic (exact) mass is 787 g/mol. The molecule has 0 unspecified atom stereocenters. The van der Waals surface area contributed by atoms with Crippen molar-refractivity contribution in [3.05, 3.63) is 224 Å². The van der Waals surface area contributed by atoms with Crippen molar-refractivity contribution in [2.24, 2.45) is 0 Å². The molecule has 0 fully saturated rings. The fourth-order valence-corrected chi connectivity index (χ4v) is 10.1. The SMILES string of the molecule is c1cc(-c2ccc3ccc4ccccc4c3c2)cc(N(c2ccc(-c3ccc4c5c(cccc35)-c3ccccc3-4)cc2)c2ccc(-c3cccc4c3oc3ccccc34)cc2)c1. The Morgan fingerprint density at radius 1 is 0.274 bits per heavy atom.